The molecule has 0 saturated carbocycles. The van der Waals surface area contributed by atoms with Crippen LogP contribution in [0.5, 0.6) is 5.75 Å². The van der Waals surface area contributed by atoms with Crippen molar-refractivity contribution < 1.29 is 9.22 Å². The fraction of sp³-hybridized carbons (Fsp3) is 0.226. The largest absolute Gasteiger partial charge is 0.507 e. The normalized spacial score (nSPS) is 13.1. The summed E-state index contributed by atoms with van der Waals surface area (Å²) in [5.74, 6) is 0.629. The van der Waals surface area contributed by atoms with Gasteiger partial charge in [-0.1, -0.05) is 177 Å². The number of pyridine rings is 1. The summed E-state index contributed by atoms with van der Waals surface area (Å²) in [6, 6.07) is 53.7. The van der Waals surface area contributed by atoms with Gasteiger partial charge in [-0.05, 0) is 134 Å². The van der Waals surface area contributed by atoms with E-state index >= 15 is 0 Å². The van der Waals surface area contributed by atoms with Crippen molar-refractivity contribution in [2.24, 2.45) is 0 Å². The third kappa shape index (κ3) is 8.49. The van der Waals surface area contributed by atoms with E-state index in [2.05, 4.69) is 159 Å². The van der Waals surface area contributed by atoms with Gasteiger partial charge in [-0.25, -0.2) is 4.98 Å². The zero-order chi connectivity index (χ0) is 49.2. The van der Waals surface area contributed by atoms with Crippen molar-refractivity contribution in [1.82, 2.24) is 14.5 Å². The molecule has 0 saturated heterocycles. The maximum atomic E-state index is 12.4. The van der Waals surface area contributed by atoms with Gasteiger partial charge in [0.1, 0.15) is 11.6 Å². The first-order valence-corrected chi connectivity index (χ1v) is 23.0. The van der Waals surface area contributed by atoms with Crippen LogP contribution in [0.3, 0.4) is 0 Å². The van der Waals surface area contributed by atoms with Gasteiger partial charge in [0.2, 0.25) is 0 Å². The Kier molecular flexibility index (Phi) is 10.3. The summed E-state index contributed by atoms with van der Waals surface area (Å²) in [4.78, 5) is 10.5. The predicted molar refractivity (Wildman–Crippen MR) is 279 cm³/mol. The molecule has 66 heavy (non-hydrogen) atoms. The number of fused-ring (bicyclic) bond motifs is 1. The van der Waals surface area contributed by atoms with Gasteiger partial charge in [0.05, 0.1) is 28.0 Å². The lowest BCUT2D eigenvalue weighted by Crippen LogP contribution is -2.12. The molecule has 9 aromatic rings. The van der Waals surface area contributed by atoms with E-state index in [-0.39, 0.29) is 27.6 Å². The summed E-state index contributed by atoms with van der Waals surface area (Å²) in [7, 11) is 0. The zero-order valence-corrected chi connectivity index (χ0v) is 39.9. The lowest BCUT2D eigenvalue weighted by atomic mass is 9.83. The molecule has 1 N–H and O–H groups in total. The quantitative estimate of drug-likeness (QED) is 0.174. The van der Waals surface area contributed by atoms with Gasteiger partial charge in [0, 0.05) is 27.0 Å². The molecule has 2 heterocycles. The number of phenolic OH excluding ortho intramolecular Hbond substituents is 1. The van der Waals surface area contributed by atoms with Gasteiger partial charge in [0.15, 0.2) is 0 Å². The predicted octanol–water partition coefficient (Wildman–Crippen LogP) is 16.6. The van der Waals surface area contributed by atoms with Gasteiger partial charge in [-0.15, -0.1) is 0 Å². The Morgan fingerprint density at radius 1 is 0.500 bits per heavy atom. The fourth-order valence-corrected chi connectivity index (χ4v) is 8.97. The minimum absolute atomic E-state index is 0.0721. The first-order valence-electron chi connectivity index (χ1n) is 24.5. The van der Waals surface area contributed by atoms with E-state index in [1.807, 2.05) is 79.0 Å². The fourth-order valence-electron chi connectivity index (χ4n) is 8.97. The van der Waals surface area contributed by atoms with Crippen molar-refractivity contribution >= 4 is 11.0 Å². The van der Waals surface area contributed by atoms with Crippen LogP contribution in [0.1, 0.15) is 94.2 Å². The summed E-state index contributed by atoms with van der Waals surface area (Å²) in [5.41, 5.74) is 15.6. The molecule has 0 unspecified atom stereocenters. The van der Waals surface area contributed by atoms with Crippen LogP contribution >= 0.6 is 0 Å². The van der Waals surface area contributed by atoms with Crippen LogP contribution in [0, 0.1) is 13.8 Å². The van der Waals surface area contributed by atoms with E-state index in [4.69, 9.17) is 14.1 Å². The van der Waals surface area contributed by atoms with Crippen molar-refractivity contribution in [3.05, 3.63) is 192 Å². The maximum absolute atomic E-state index is 12.4. The first kappa shape index (κ1) is 40.5. The molecule has 0 aliphatic rings. The molecule has 7 aromatic carbocycles. The second-order valence-corrected chi connectivity index (χ2v) is 20.8. The number of nitrogens with zero attached hydrogens (tertiary/aromatic N) is 3. The zero-order valence-electron chi connectivity index (χ0n) is 42.9. The van der Waals surface area contributed by atoms with Gasteiger partial charge in [-0.2, -0.15) is 0 Å². The molecule has 0 fully saturated rings. The van der Waals surface area contributed by atoms with E-state index in [1.165, 1.54) is 5.56 Å². The van der Waals surface area contributed by atoms with Crippen LogP contribution in [0.2, 0.25) is 0 Å². The Hall–Kier alpha value is -7.04. The first-order chi connectivity index (χ1) is 32.6. The van der Waals surface area contributed by atoms with Crippen molar-refractivity contribution in [2.75, 3.05) is 0 Å². The standard InChI is InChI=1S/C62H61N3O/c1-39-23-25-41(26-24-39)44-31-32-63-54(37-44)46-34-45(35-48(36-46)61(6,7)8)49-19-16-22-55-57(49)64-59(50-20-15-21-53(58(50)66)62(9,10)11)65(55)56-33-40(2)51(38-52(56)42-17-13-12-14-18-42)43-27-29-47(30-28-43)60(3,4)5/h12-38,66H,1-11H3/i2D3. The molecule has 9 rings (SSSR count). The Labute approximate surface area is 395 Å². The number of rotatable bonds is 7. The number of hydrogen-bond acceptors (Lipinski definition) is 3. The maximum Gasteiger partial charge on any atom is 0.149 e. The highest BCUT2D eigenvalue weighted by molar-refractivity contribution is 5.98. The molecule has 4 heteroatoms. The highest BCUT2D eigenvalue weighted by Gasteiger charge is 2.27. The highest BCUT2D eigenvalue weighted by atomic mass is 16.3. The molecular weight excluding hydrogens is 803 g/mol. The summed E-state index contributed by atoms with van der Waals surface area (Å²) < 4.78 is 29.2. The third-order valence-corrected chi connectivity index (χ3v) is 12.8. The van der Waals surface area contributed by atoms with Crippen molar-refractivity contribution in [1.29, 1.82) is 0 Å². The molecule has 4 nitrogen and oxygen atoms in total. The molecule has 0 amide bonds. The minimum Gasteiger partial charge on any atom is -0.507 e. The van der Waals surface area contributed by atoms with E-state index in [0.29, 0.717) is 28.2 Å². The van der Waals surface area contributed by atoms with Crippen molar-refractivity contribution in [2.45, 2.75) is 92.3 Å². The minimum atomic E-state index is -2.48. The topological polar surface area (TPSA) is 50.9 Å². The average molecular weight is 867 g/mol. The molecule has 0 spiro atoms. The molecule has 0 radical (unpaired) electrons. The second-order valence-electron chi connectivity index (χ2n) is 20.8. The smallest absolute Gasteiger partial charge is 0.149 e. The van der Waals surface area contributed by atoms with Gasteiger partial charge in [-0.3, -0.25) is 9.55 Å². The number of aromatic nitrogens is 3. The second kappa shape index (κ2) is 16.7. The van der Waals surface area contributed by atoms with Gasteiger partial charge < -0.3 is 5.11 Å². The number of aromatic hydroxyl groups is 1. The highest BCUT2D eigenvalue weighted by Crippen LogP contribution is 2.45. The Morgan fingerprint density at radius 2 is 1.15 bits per heavy atom. The molecule has 0 bridgehead atoms. The Bertz CT molecular complexity index is 3360. The van der Waals surface area contributed by atoms with Gasteiger partial charge in [0.25, 0.3) is 0 Å². The third-order valence-electron chi connectivity index (χ3n) is 12.8. The number of benzene rings is 7. The Morgan fingerprint density at radius 3 is 1.83 bits per heavy atom. The monoisotopic (exact) mass is 867 g/mol. The summed E-state index contributed by atoms with van der Waals surface area (Å²) >= 11 is 0. The summed E-state index contributed by atoms with van der Waals surface area (Å²) in [6.07, 6.45) is 1.88. The molecule has 0 aliphatic heterocycles. The van der Waals surface area contributed by atoms with E-state index < -0.39 is 6.85 Å². The number of aryl methyl sites for hydroxylation is 2. The number of imidazole rings is 1. The van der Waals surface area contributed by atoms with Crippen LogP contribution in [-0.2, 0) is 16.2 Å². The SMILES string of the molecule is [2H]C([2H])([2H])c1cc(-n2c(-c3cccc(C(C)(C)C)c3O)nc3c(-c4cc(-c5cc(-c6ccc(C)cc6)ccn5)cc(C(C)(C)C)c4)cccc32)c(-c2ccccc2)cc1-c1ccc(C(C)(C)C)cc1. The van der Waals surface area contributed by atoms with Crippen molar-refractivity contribution in [3.8, 4) is 78.6 Å². The van der Waals surface area contributed by atoms with E-state index in [0.717, 1.165) is 72.4 Å². The Balaban J connectivity index is 1.36. The molecule has 0 aliphatic carbocycles. The van der Waals surface area contributed by atoms with E-state index in [1.54, 1.807) is 0 Å². The lowest BCUT2D eigenvalue weighted by Gasteiger charge is -2.23. The average Bonchev–Trinajstić information content (AvgIpc) is 3.70. The van der Waals surface area contributed by atoms with Crippen LogP contribution in [0.4, 0.5) is 0 Å². The van der Waals surface area contributed by atoms with Crippen LogP contribution < -0.4 is 0 Å². The molecular formula is C62H61N3O. The molecule has 2 aromatic heterocycles. The van der Waals surface area contributed by atoms with Crippen LogP contribution in [0.15, 0.2) is 164 Å². The van der Waals surface area contributed by atoms with E-state index in [9.17, 15) is 5.11 Å². The number of hydrogen-bond donors (Lipinski definition) is 1. The summed E-state index contributed by atoms with van der Waals surface area (Å²) in [5, 5.41) is 12.4. The van der Waals surface area contributed by atoms with Gasteiger partial charge >= 0.3 is 0 Å². The number of phenols is 1. The van der Waals surface area contributed by atoms with Crippen LogP contribution in [-0.4, -0.2) is 19.6 Å². The molecule has 0 atom stereocenters. The lowest BCUT2D eigenvalue weighted by molar-refractivity contribution is 0.448. The summed E-state index contributed by atoms with van der Waals surface area (Å²) in [6.45, 7) is 19.1. The van der Waals surface area contributed by atoms with Crippen LogP contribution in [0.25, 0.3) is 83.9 Å². The van der Waals surface area contributed by atoms with Crippen molar-refractivity contribution in [3.63, 3.8) is 0 Å². The number of para-hydroxylation sites is 2. The molecule has 330 valence electrons.